The number of fused-ring (bicyclic) bond motifs is 1. The molecule has 4 heteroatoms. The van der Waals surface area contributed by atoms with E-state index in [4.69, 9.17) is 10.0 Å². The van der Waals surface area contributed by atoms with Gasteiger partial charge in [0.1, 0.15) is 0 Å². The van der Waals surface area contributed by atoms with Gasteiger partial charge in [-0.15, -0.1) is 0 Å². The van der Waals surface area contributed by atoms with Crippen LogP contribution in [0.4, 0.5) is 0 Å². The minimum absolute atomic E-state index is 0. The van der Waals surface area contributed by atoms with Crippen LogP contribution in [-0.4, -0.2) is 24.3 Å². The molecule has 1 aliphatic heterocycles. The van der Waals surface area contributed by atoms with Crippen molar-refractivity contribution in [3.63, 3.8) is 0 Å². The third-order valence-corrected chi connectivity index (χ3v) is 2.00. The van der Waals surface area contributed by atoms with Crippen LogP contribution >= 0.6 is 0 Å². The van der Waals surface area contributed by atoms with Gasteiger partial charge in [0.2, 0.25) is 0 Å². The molecule has 13 heavy (non-hydrogen) atoms. The second-order valence-electron chi connectivity index (χ2n) is 2.81. The molecule has 0 saturated heterocycles. The first-order valence-corrected chi connectivity index (χ1v) is 4.26. The van der Waals surface area contributed by atoms with Gasteiger partial charge in [-0.05, 0) is 24.1 Å². The van der Waals surface area contributed by atoms with E-state index in [1.165, 1.54) is 17.5 Å². The Morgan fingerprint density at radius 2 is 1.77 bits per heavy atom. The lowest BCUT2D eigenvalue weighted by molar-refractivity contribution is 0.448. The monoisotopic (exact) mass is 178 g/mol. The lowest BCUT2D eigenvalue weighted by Crippen LogP contribution is -2.23. The Hall–Kier alpha value is -0.835. The van der Waals surface area contributed by atoms with Crippen molar-refractivity contribution in [3.8, 4) is 0 Å². The van der Waals surface area contributed by atoms with Crippen LogP contribution in [0.15, 0.2) is 24.3 Å². The molecule has 0 spiro atoms. The van der Waals surface area contributed by atoms with E-state index in [9.17, 15) is 0 Å². The zero-order chi connectivity index (χ0) is 9.52. The zero-order valence-electron chi connectivity index (χ0n) is 7.40. The molecule has 1 aromatic carbocycles. The van der Waals surface area contributed by atoms with E-state index in [1.54, 1.807) is 0 Å². The quantitative estimate of drug-likeness (QED) is 0.483. The molecule has 1 heterocycles. The van der Waals surface area contributed by atoms with Gasteiger partial charge in [-0.2, -0.15) is 0 Å². The van der Waals surface area contributed by atoms with Crippen LogP contribution in [0.2, 0.25) is 0 Å². The second-order valence-corrected chi connectivity index (χ2v) is 2.81. The van der Waals surface area contributed by atoms with Crippen molar-refractivity contribution in [1.29, 1.82) is 0 Å². The summed E-state index contributed by atoms with van der Waals surface area (Å²) in [6.07, 6.45) is 1.19. The number of benzene rings is 1. The molecule has 1 aromatic rings. The smallest absolute Gasteiger partial charge is 0.429 e. The van der Waals surface area contributed by atoms with Gasteiger partial charge in [-0.1, -0.05) is 24.3 Å². The van der Waals surface area contributed by atoms with E-state index in [1.807, 2.05) is 0 Å². The molecule has 69 valence electrons. The maximum Gasteiger partial charge on any atom is 0.482 e. The molecule has 0 fully saturated rings. The molecule has 0 aromatic heterocycles. The number of nitrogens with one attached hydrogen (secondary N) is 1. The van der Waals surface area contributed by atoms with Crippen molar-refractivity contribution in [3.05, 3.63) is 35.4 Å². The Labute approximate surface area is 78.7 Å². The number of hydrogen-bond acceptors (Lipinski definition) is 3. The van der Waals surface area contributed by atoms with Crippen molar-refractivity contribution in [2.24, 2.45) is 0 Å². The van der Waals surface area contributed by atoms with Gasteiger partial charge in [-0.3, -0.25) is 0 Å². The normalized spacial score (nSPS) is 13.7. The molecule has 1 radical (unpaired) electrons. The van der Waals surface area contributed by atoms with Gasteiger partial charge in [0.25, 0.3) is 0 Å². The molecule has 0 unspecified atom stereocenters. The Morgan fingerprint density at radius 1 is 1.15 bits per heavy atom. The Bertz CT molecular complexity index is 230. The summed E-state index contributed by atoms with van der Waals surface area (Å²) in [7, 11) is 0. The van der Waals surface area contributed by atoms with E-state index in [-0.39, 0.29) is 7.69 Å². The van der Waals surface area contributed by atoms with E-state index in [2.05, 4.69) is 29.6 Å². The highest BCUT2D eigenvalue weighted by Gasteiger charge is 2.05. The van der Waals surface area contributed by atoms with Crippen molar-refractivity contribution in [2.45, 2.75) is 13.0 Å². The average Bonchev–Trinajstić information content (AvgIpc) is 2.19. The van der Waals surface area contributed by atoms with Crippen LogP contribution in [0.1, 0.15) is 11.1 Å². The van der Waals surface area contributed by atoms with Gasteiger partial charge in [-0.25, -0.2) is 0 Å². The average molecular weight is 178 g/mol. The summed E-state index contributed by atoms with van der Waals surface area (Å²) in [5, 5.41) is 17.3. The van der Waals surface area contributed by atoms with Crippen LogP contribution in [0, 0.1) is 0 Å². The Morgan fingerprint density at radius 3 is 2.38 bits per heavy atom. The fourth-order valence-electron chi connectivity index (χ4n) is 1.42. The third-order valence-electron chi connectivity index (χ3n) is 2.00. The number of rotatable bonds is 0. The zero-order valence-corrected chi connectivity index (χ0v) is 7.40. The molecule has 0 aliphatic carbocycles. The molecule has 0 saturated carbocycles. The predicted octanol–water partition coefficient (Wildman–Crippen LogP) is -0.163. The molecule has 3 N–H and O–H groups in total. The van der Waals surface area contributed by atoms with Crippen molar-refractivity contribution >= 4 is 7.69 Å². The van der Waals surface area contributed by atoms with Gasteiger partial charge in [0.05, 0.1) is 0 Å². The maximum absolute atomic E-state index is 7.00. The second kappa shape index (κ2) is 5.75. The maximum atomic E-state index is 7.00. The summed E-state index contributed by atoms with van der Waals surface area (Å²) in [5.41, 5.74) is 2.98. The van der Waals surface area contributed by atoms with Crippen LogP contribution in [0.5, 0.6) is 0 Å². The first-order valence-electron chi connectivity index (χ1n) is 4.26. The number of hydrogen-bond donors (Lipinski definition) is 3. The van der Waals surface area contributed by atoms with E-state index in [0.29, 0.717) is 0 Å². The largest absolute Gasteiger partial charge is 0.482 e. The summed E-state index contributed by atoms with van der Waals surface area (Å²) in [6, 6.07) is 8.63. The highest BCUT2D eigenvalue weighted by Crippen LogP contribution is 2.11. The van der Waals surface area contributed by atoms with Crippen LogP contribution in [-0.2, 0) is 13.0 Å². The molecule has 3 nitrogen and oxygen atoms in total. The summed E-state index contributed by atoms with van der Waals surface area (Å²) < 4.78 is 0. The Balaban J connectivity index is 0.000000251. The highest BCUT2D eigenvalue weighted by atomic mass is 16.4. The fourth-order valence-corrected chi connectivity index (χ4v) is 1.42. The van der Waals surface area contributed by atoms with Crippen LogP contribution in [0.25, 0.3) is 0 Å². The first kappa shape index (κ1) is 10.2. The first-order chi connectivity index (χ1) is 6.38. The van der Waals surface area contributed by atoms with E-state index >= 15 is 0 Å². The third kappa shape index (κ3) is 3.18. The predicted molar refractivity (Wildman–Crippen MR) is 52.0 cm³/mol. The molecule has 0 bridgehead atoms. The van der Waals surface area contributed by atoms with Gasteiger partial charge < -0.3 is 15.4 Å². The fraction of sp³-hybridized carbons (Fsp3) is 0.333. The molecular weight excluding hydrogens is 165 g/mol. The SMILES string of the molecule is O[B]O.c1ccc2c(c1)CCNC2. The summed E-state index contributed by atoms with van der Waals surface area (Å²) in [6.45, 7) is 2.19. The minimum atomic E-state index is 0. The summed E-state index contributed by atoms with van der Waals surface area (Å²) >= 11 is 0. The van der Waals surface area contributed by atoms with Crippen LogP contribution in [0.3, 0.4) is 0 Å². The van der Waals surface area contributed by atoms with E-state index < -0.39 is 0 Å². The molecular formula is C9H13BNO2. The molecule has 1 aliphatic rings. The highest BCUT2D eigenvalue weighted by molar-refractivity contribution is 6.13. The standard InChI is InChI=1S/C9H11N.BH2O2/c1-2-4-9-7-10-6-5-8(9)3-1;2-1-3/h1-4,10H,5-7H2;2-3H. The van der Waals surface area contributed by atoms with Gasteiger partial charge >= 0.3 is 7.69 Å². The minimum Gasteiger partial charge on any atom is -0.429 e. The van der Waals surface area contributed by atoms with Gasteiger partial charge in [0.15, 0.2) is 0 Å². The molecule has 2 rings (SSSR count). The van der Waals surface area contributed by atoms with Gasteiger partial charge in [0, 0.05) is 6.54 Å². The lowest BCUT2D eigenvalue weighted by Gasteiger charge is -2.15. The molecule has 0 atom stereocenters. The summed E-state index contributed by atoms with van der Waals surface area (Å²) in [5.74, 6) is 0. The lowest BCUT2D eigenvalue weighted by atomic mass is 10.0. The Kier molecular flexibility index (Phi) is 4.53. The van der Waals surface area contributed by atoms with Crippen LogP contribution < -0.4 is 5.32 Å². The van der Waals surface area contributed by atoms with E-state index in [0.717, 1.165) is 13.1 Å². The van der Waals surface area contributed by atoms with Crippen molar-refractivity contribution < 1.29 is 10.0 Å². The van der Waals surface area contributed by atoms with Crippen molar-refractivity contribution in [2.75, 3.05) is 6.54 Å². The molecule has 0 amide bonds. The topological polar surface area (TPSA) is 52.5 Å². The van der Waals surface area contributed by atoms with Crippen molar-refractivity contribution in [1.82, 2.24) is 5.32 Å². The summed E-state index contributed by atoms with van der Waals surface area (Å²) in [4.78, 5) is 0.